The zero-order valence-corrected chi connectivity index (χ0v) is 9.07. The van der Waals surface area contributed by atoms with E-state index in [2.05, 4.69) is 4.98 Å². The van der Waals surface area contributed by atoms with Crippen molar-refractivity contribution in [3.63, 3.8) is 0 Å². The molecule has 0 bridgehead atoms. The van der Waals surface area contributed by atoms with Gasteiger partial charge < -0.3 is 4.55 Å². The molecule has 0 fully saturated rings. The van der Waals surface area contributed by atoms with Crippen LogP contribution in [-0.4, -0.2) is 24.3 Å². The third kappa shape index (κ3) is 2.71. The summed E-state index contributed by atoms with van der Waals surface area (Å²) in [5, 5.41) is -10.1. The minimum atomic E-state index is -5.03. The number of pyridine rings is 1. The van der Waals surface area contributed by atoms with E-state index in [4.69, 9.17) is 4.55 Å². The van der Waals surface area contributed by atoms with Crippen LogP contribution in [0.2, 0.25) is 0 Å². The molecule has 0 aliphatic heterocycles. The zero-order chi connectivity index (χ0) is 12.4. The highest BCUT2D eigenvalue weighted by Gasteiger charge is 2.62. The third-order valence-electron chi connectivity index (χ3n) is 1.43. The van der Waals surface area contributed by atoms with E-state index in [1.807, 2.05) is 0 Å². The standard InChI is InChI=1S/C7H5F4NO2S2/c8-6(9,7(10,11)16(13)14)15-5-3-1-2-4-12-5/h1-4H,(H,13,14). The predicted molar refractivity (Wildman–Crippen MR) is 50.8 cm³/mol. The Kier molecular flexibility index (Phi) is 3.92. The molecule has 1 rings (SSSR count). The Balaban J connectivity index is 2.92. The quantitative estimate of drug-likeness (QED) is 0.521. The average molecular weight is 275 g/mol. The molecule has 0 amide bonds. The van der Waals surface area contributed by atoms with Gasteiger partial charge in [-0.25, -0.2) is 9.19 Å². The summed E-state index contributed by atoms with van der Waals surface area (Å²) in [5.74, 6) is 0. The first-order valence-corrected chi connectivity index (χ1v) is 5.66. The molecule has 1 aromatic rings. The molecule has 0 saturated carbocycles. The Morgan fingerprint density at radius 2 is 1.94 bits per heavy atom. The van der Waals surface area contributed by atoms with Gasteiger partial charge in [0.05, 0.1) is 0 Å². The Morgan fingerprint density at radius 1 is 1.31 bits per heavy atom. The van der Waals surface area contributed by atoms with Gasteiger partial charge in [-0.05, 0) is 23.9 Å². The highest BCUT2D eigenvalue weighted by Crippen LogP contribution is 2.47. The van der Waals surface area contributed by atoms with Crippen LogP contribution in [0.1, 0.15) is 0 Å². The van der Waals surface area contributed by atoms with Gasteiger partial charge in [0.25, 0.3) is 0 Å². The Morgan fingerprint density at radius 3 is 2.38 bits per heavy atom. The maximum atomic E-state index is 13.0. The van der Waals surface area contributed by atoms with Crippen molar-refractivity contribution in [3.8, 4) is 0 Å². The lowest BCUT2D eigenvalue weighted by Gasteiger charge is -2.21. The number of halogens is 4. The van der Waals surface area contributed by atoms with Crippen LogP contribution in [-0.2, 0) is 11.1 Å². The second-order valence-corrected chi connectivity index (χ2v) is 4.70. The lowest BCUT2D eigenvalue weighted by atomic mass is 10.5. The average Bonchev–Trinajstić information content (AvgIpc) is 2.18. The smallest absolute Gasteiger partial charge is 0.301 e. The van der Waals surface area contributed by atoms with E-state index in [0.717, 1.165) is 12.3 Å². The predicted octanol–water partition coefficient (Wildman–Crippen LogP) is 2.58. The third-order valence-corrected chi connectivity index (χ3v) is 3.22. The number of nitrogens with zero attached hydrogens (tertiary/aromatic N) is 1. The van der Waals surface area contributed by atoms with Crippen molar-refractivity contribution in [3.05, 3.63) is 24.4 Å². The van der Waals surface area contributed by atoms with Crippen LogP contribution >= 0.6 is 11.8 Å². The van der Waals surface area contributed by atoms with Crippen LogP contribution in [0.5, 0.6) is 0 Å². The highest BCUT2D eigenvalue weighted by atomic mass is 32.2. The molecule has 1 aromatic heterocycles. The topological polar surface area (TPSA) is 50.2 Å². The number of aromatic nitrogens is 1. The molecule has 9 heteroatoms. The first-order valence-electron chi connectivity index (χ1n) is 3.74. The van der Waals surface area contributed by atoms with E-state index in [0.29, 0.717) is 0 Å². The minimum absolute atomic E-state index is 0.363. The SMILES string of the molecule is O=S(O)C(F)(F)C(F)(F)Sc1ccccn1. The summed E-state index contributed by atoms with van der Waals surface area (Å²) in [6.45, 7) is 0. The van der Waals surface area contributed by atoms with Crippen LogP contribution in [0.4, 0.5) is 17.6 Å². The molecule has 3 nitrogen and oxygen atoms in total. The second-order valence-electron chi connectivity index (χ2n) is 2.55. The Bertz CT molecular complexity index is 387. The Hall–Kier alpha value is -0.670. The fourth-order valence-corrected chi connectivity index (χ4v) is 1.88. The lowest BCUT2D eigenvalue weighted by Crippen LogP contribution is -2.41. The molecular formula is C7H5F4NO2S2. The summed E-state index contributed by atoms with van der Waals surface area (Å²) in [7, 11) is 0. The van der Waals surface area contributed by atoms with E-state index < -0.39 is 33.4 Å². The molecular weight excluding hydrogens is 270 g/mol. The largest absolute Gasteiger partial charge is 0.416 e. The van der Waals surface area contributed by atoms with Gasteiger partial charge in [0, 0.05) is 6.20 Å². The maximum absolute atomic E-state index is 13.0. The summed E-state index contributed by atoms with van der Waals surface area (Å²) in [4.78, 5) is 3.41. The Labute approximate surface area is 94.5 Å². The first-order chi connectivity index (χ1) is 7.27. The van der Waals surface area contributed by atoms with Crippen molar-refractivity contribution in [2.45, 2.75) is 15.5 Å². The number of hydrogen-bond acceptors (Lipinski definition) is 3. The molecule has 0 aromatic carbocycles. The van der Waals surface area contributed by atoms with Crippen LogP contribution in [0.25, 0.3) is 0 Å². The summed E-state index contributed by atoms with van der Waals surface area (Å²) < 4.78 is 69.4. The van der Waals surface area contributed by atoms with Crippen LogP contribution < -0.4 is 0 Å². The van der Waals surface area contributed by atoms with E-state index >= 15 is 0 Å². The highest BCUT2D eigenvalue weighted by molar-refractivity contribution is 8.01. The zero-order valence-electron chi connectivity index (χ0n) is 7.44. The van der Waals surface area contributed by atoms with Crippen molar-refractivity contribution in [1.29, 1.82) is 0 Å². The summed E-state index contributed by atoms with van der Waals surface area (Å²) in [6, 6.07) is 3.85. The summed E-state index contributed by atoms with van der Waals surface area (Å²) in [6.07, 6.45) is 1.15. The van der Waals surface area contributed by atoms with Crippen LogP contribution in [0.15, 0.2) is 29.4 Å². The fourth-order valence-electron chi connectivity index (χ4n) is 0.700. The lowest BCUT2D eigenvalue weighted by molar-refractivity contribution is -0.0908. The molecule has 0 aliphatic carbocycles. The first kappa shape index (κ1) is 13.4. The van der Waals surface area contributed by atoms with Gasteiger partial charge in [-0.15, -0.1) is 0 Å². The number of alkyl halides is 4. The fraction of sp³-hybridized carbons (Fsp3) is 0.286. The van der Waals surface area contributed by atoms with Gasteiger partial charge >= 0.3 is 10.5 Å². The van der Waals surface area contributed by atoms with Gasteiger partial charge in [0.2, 0.25) is 11.1 Å². The molecule has 0 radical (unpaired) electrons. The van der Waals surface area contributed by atoms with Crippen LogP contribution in [0.3, 0.4) is 0 Å². The number of thioether (sulfide) groups is 1. The number of hydrogen-bond donors (Lipinski definition) is 1. The summed E-state index contributed by atoms with van der Waals surface area (Å²) in [5.41, 5.74) is 0. The minimum Gasteiger partial charge on any atom is -0.301 e. The molecule has 16 heavy (non-hydrogen) atoms. The molecule has 1 N–H and O–H groups in total. The molecule has 90 valence electrons. The van der Waals surface area contributed by atoms with Gasteiger partial charge in [-0.2, -0.15) is 17.6 Å². The van der Waals surface area contributed by atoms with Gasteiger partial charge in [-0.1, -0.05) is 6.07 Å². The van der Waals surface area contributed by atoms with E-state index in [9.17, 15) is 21.8 Å². The van der Waals surface area contributed by atoms with E-state index in [-0.39, 0.29) is 5.03 Å². The van der Waals surface area contributed by atoms with Crippen molar-refractivity contribution in [2.24, 2.45) is 0 Å². The molecule has 0 saturated heterocycles. The van der Waals surface area contributed by atoms with Gasteiger partial charge in [0.1, 0.15) is 5.03 Å². The normalized spacial score (nSPS) is 14.8. The van der Waals surface area contributed by atoms with E-state index in [1.54, 1.807) is 0 Å². The monoisotopic (exact) mass is 275 g/mol. The second kappa shape index (κ2) is 4.68. The van der Waals surface area contributed by atoms with Gasteiger partial charge in [-0.3, -0.25) is 0 Å². The molecule has 1 atom stereocenters. The molecule has 1 heterocycles. The van der Waals surface area contributed by atoms with Crippen molar-refractivity contribution in [1.82, 2.24) is 4.98 Å². The van der Waals surface area contributed by atoms with Crippen molar-refractivity contribution >= 4 is 22.8 Å². The van der Waals surface area contributed by atoms with Crippen molar-refractivity contribution in [2.75, 3.05) is 0 Å². The van der Waals surface area contributed by atoms with Crippen LogP contribution in [0, 0.1) is 0 Å². The molecule has 0 aliphatic rings. The number of rotatable bonds is 4. The molecule has 1 unspecified atom stereocenters. The van der Waals surface area contributed by atoms with E-state index in [1.165, 1.54) is 12.1 Å². The molecule has 0 spiro atoms. The maximum Gasteiger partial charge on any atom is 0.416 e. The van der Waals surface area contributed by atoms with Gasteiger partial charge in [0.15, 0.2) is 0 Å². The van der Waals surface area contributed by atoms with Crippen molar-refractivity contribution < 1.29 is 26.3 Å². The summed E-state index contributed by atoms with van der Waals surface area (Å²) >= 11 is -4.52.